The molecule has 14 rings (SSSR count). The maximum absolute atomic E-state index is 6.39. The van der Waals surface area contributed by atoms with Crippen molar-refractivity contribution in [2.75, 3.05) is 4.90 Å². The Kier molecular flexibility index (Phi) is 9.50. The van der Waals surface area contributed by atoms with Crippen LogP contribution in [0.4, 0.5) is 17.1 Å². The third kappa shape index (κ3) is 6.09. The average Bonchev–Trinajstić information content (AvgIpc) is 3.98. The second kappa shape index (κ2) is 16.3. The molecule has 0 amide bonds. The van der Waals surface area contributed by atoms with Crippen LogP contribution in [0.5, 0.6) is 0 Å². The van der Waals surface area contributed by atoms with Crippen molar-refractivity contribution in [1.29, 1.82) is 0 Å². The van der Waals surface area contributed by atoms with Crippen molar-refractivity contribution in [3.8, 4) is 55.6 Å². The highest BCUT2D eigenvalue weighted by Crippen LogP contribution is 2.64. The summed E-state index contributed by atoms with van der Waals surface area (Å²) < 4.78 is 6.39. The number of fused-ring (bicyclic) bond motifs is 12. The minimum absolute atomic E-state index is 0.194. The highest BCUT2D eigenvalue weighted by Gasteiger charge is 2.54. The summed E-state index contributed by atoms with van der Waals surface area (Å²) >= 11 is 0. The van der Waals surface area contributed by atoms with E-state index in [9.17, 15) is 0 Å². The summed E-state index contributed by atoms with van der Waals surface area (Å²) in [7, 11) is 0. The van der Waals surface area contributed by atoms with Gasteiger partial charge in [0.25, 0.3) is 0 Å². The first kappa shape index (κ1) is 41.9. The van der Waals surface area contributed by atoms with E-state index in [1.165, 1.54) is 72.3 Å². The Morgan fingerprint density at radius 2 is 0.764 bits per heavy atom. The van der Waals surface area contributed by atoms with Gasteiger partial charge in [0, 0.05) is 33.0 Å². The first-order chi connectivity index (χ1) is 35.5. The topological polar surface area (TPSA) is 16.4 Å². The standard InChI is InChI=1S/C70H49NO/c1-69(2)58-33-14-16-35-60(58)70(61-36-17-15-34-59(61)69)57-32-13-10-29-55(57)68-62(70)37-21-39-64(68)71(48-44-42-47(43-45-48)50-31-20-41-66-67(50)56-30-12-19-40-65(56)72-66)63-38-18-11-28-54(63)53-27-9-8-26-52(53)51-25-7-6-24-49(51)46-22-4-3-5-23-46/h3-45H,1-2H3. The summed E-state index contributed by atoms with van der Waals surface area (Å²) in [5.74, 6) is 0. The Bertz CT molecular complexity index is 4030. The van der Waals surface area contributed by atoms with Crippen molar-refractivity contribution in [2.24, 2.45) is 0 Å². The fourth-order valence-corrected chi connectivity index (χ4v) is 12.7. The van der Waals surface area contributed by atoms with E-state index in [1.54, 1.807) is 0 Å². The van der Waals surface area contributed by atoms with E-state index in [0.29, 0.717) is 0 Å². The van der Waals surface area contributed by atoms with Crippen LogP contribution in [0.15, 0.2) is 265 Å². The molecule has 0 fully saturated rings. The average molecular weight is 920 g/mol. The molecule has 340 valence electrons. The third-order valence-electron chi connectivity index (χ3n) is 15.8. The molecule has 2 aliphatic rings. The number of benzene rings is 11. The Hall–Kier alpha value is -8.98. The molecule has 12 aromatic rings. The largest absolute Gasteiger partial charge is 0.456 e. The quantitative estimate of drug-likeness (QED) is 0.158. The number of anilines is 3. The molecule has 1 spiro atoms. The maximum atomic E-state index is 6.39. The van der Waals surface area contributed by atoms with Gasteiger partial charge < -0.3 is 9.32 Å². The summed E-state index contributed by atoms with van der Waals surface area (Å²) in [6, 6.07) is 96.1. The van der Waals surface area contributed by atoms with Gasteiger partial charge in [-0.25, -0.2) is 0 Å². The summed E-state index contributed by atoms with van der Waals surface area (Å²) in [6.45, 7) is 4.78. The van der Waals surface area contributed by atoms with Gasteiger partial charge in [0.15, 0.2) is 0 Å². The number of furan rings is 1. The van der Waals surface area contributed by atoms with Crippen LogP contribution >= 0.6 is 0 Å². The predicted molar refractivity (Wildman–Crippen MR) is 300 cm³/mol. The molecule has 1 aromatic heterocycles. The van der Waals surface area contributed by atoms with E-state index >= 15 is 0 Å². The van der Waals surface area contributed by atoms with Gasteiger partial charge in [0.05, 0.1) is 16.8 Å². The van der Waals surface area contributed by atoms with Crippen LogP contribution in [0.3, 0.4) is 0 Å². The second-order valence-corrected chi connectivity index (χ2v) is 19.8. The molecule has 1 heterocycles. The molecule has 11 aromatic carbocycles. The first-order valence-electron chi connectivity index (χ1n) is 25.1. The van der Waals surface area contributed by atoms with Gasteiger partial charge in [0.1, 0.15) is 11.2 Å². The zero-order chi connectivity index (χ0) is 48.0. The summed E-state index contributed by atoms with van der Waals surface area (Å²) in [4.78, 5) is 2.53. The molecule has 2 nitrogen and oxygen atoms in total. The molecule has 0 N–H and O–H groups in total. The van der Waals surface area contributed by atoms with E-state index in [0.717, 1.165) is 55.7 Å². The number of para-hydroxylation sites is 2. The van der Waals surface area contributed by atoms with E-state index in [-0.39, 0.29) is 5.41 Å². The number of nitrogens with zero attached hydrogens (tertiary/aromatic N) is 1. The molecule has 2 aliphatic carbocycles. The van der Waals surface area contributed by atoms with Gasteiger partial charge in [-0.05, 0) is 114 Å². The van der Waals surface area contributed by atoms with Crippen molar-refractivity contribution in [2.45, 2.75) is 24.7 Å². The monoisotopic (exact) mass is 919 g/mol. The lowest BCUT2D eigenvalue weighted by atomic mass is 9.55. The Labute approximate surface area is 420 Å². The second-order valence-electron chi connectivity index (χ2n) is 19.8. The van der Waals surface area contributed by atoms with Crippen LogP contribution in [0.1, 0.15) is 47.2 Å². The van der Waals surface area contributed by atoms with Gasteiger partial charge >= 0.3 is 0 Å². The van der Waals surface area contributed by atoms with Crippen molar-refractivity contribution >= 4 is 39.0 Å². The predicted octanol–water partition coefficient (Wildman–Crippen LogP) is 18.7. The zero-order valence-electron chi connectivity index (χ0n) is 40.2. The van der Waals surface area contributed by atoms with E-state index in [4.69, 9.17) is 4.42 Å². The van der Waals surface area contributed by atoms with Gasteiger partial charge in [-0.15, -0.1) is 0 Å². The van der Waals surface area contributed by atoms with Gasteiger partial charge in [-0.3, -0.25) is 0 Å². The molecule has 72 heavy (non-hydrogen) atoms. The van der Waals surface area contributed by atoms with Crippen molar-refractivity contribution in [1.82, 2.24) is 0 Å². The fourth-order valence-electron chi connectivity index (χ4n) is 12.7. The van der Waals surface area contributed by atoms with Crippen molar-refractivity contribution in [3.05, 3.63) is 294 Å². The number of hydrogen-bond acceptors (Lipinski definition) is 2. The fraction of sp³-hybridized carbons (Fsp3) is 0.0571. The lowest BCUT2D eigenvalue weighted by Gasteiger charge is -2.46. The molecule has 0 radical (unpaired) electrons. The van der Waals surface area contributed by atoms with Crippen LogP contribution in [-0.4, -0.2) is 0 Å². The highest BCUT2D eigenvalue weighted by atomic mass is 16.3. The molecule has 0 atom stereocenters. The van der Waals surface area contributed by atoms with Crippen LogP contribution in [0.2, 0.25) is 0 Å². The summed E-state index contributed by atoms with van der Waals surface area (Å²) in [5.41, 5.74) is 24.2. The van der Waals surface area contributed by atoms with Crippen LogP contribution < -0.4 is 4.90 Å². The van der Waals surface area contributed by atoms with Crippen LogP contribution in [-0.2, 0) is 10.8 Å². The Morgan fingerprint density at radius 1 is 0.306 bits per heavy atom. The molecular formula is C70H49NO. The summed E-state index contributed by atoms with van der Waals surface area (Å²) in [5, 5.41) is 2.26. The molecule has 0 saturated carbocycles. The molecular weight excluding hydrogens is 871 g/mol. The van der Waals surface area contributed by atoms with E-state index < -0.39 is 5.41 Å². The SMILES string of the molecule is CC1(C)c2ccccc2C2(c3ccccc3-c3c(N(c4ccc(-c5cccc6oc7ccccc7c56)cc4)c4ccccc4-c4ccccc4-c4ccccc4-c4ccccc4)cccc32)c2ccccc21. The summed E-state index contributed by atoms with van der Waals surface area (Å²) in [6.07, 6.45) is 0. The smallest absolute Gasteiger partial charge is 0.136 e. The lowest BCUT2D eigenvalue weighted by Crippen LogP contribution is -2.40. The molecule has 0 saturated heterocycles. The Balaban J connectivity index is 1.03. The molecule has 0 unspecified atom stereocenters. The molecule has 0 aliphatic heterocycles. The van der Waals surface area contributed by atoms with Crippen LogP contribution in [0, 0.1) is 0 Å². The lowest BCUT2D eigenvalue weighted by molar-refractivity contribution is 0.563. The maximum Gasteiger partial charge on any atom is 0.136 e. The van der Waals surface area contributed by atoms with Crippen molar-refractivity contribution < 1.29 is 4.42 Å². The Morgan fingerprint density at radius 3 is 1.47 bits per heavy atom. The van der Waals surface area contributed by atoms with E-state index in [1.807, 2.05) is 6.07 Å². The zero-order valence-corrected chi connectivity index (χ0v) is 40.2. The first-order valence-corrected chi connectivity index (χ1v) is 25.1. The van der Waals surface area contributed by atoms with Gasteiger partial charge in [0.2, 0.25) is 0 Å². The number of hydrogen-bond donors (Lipinski definition) is 0. The molecule has 2 heteroatoms. The highest BCUT2D eigenvalue weighted by molar-refractivity contribution is 6.12. The third-order valence-corrected chi connectivity index (χ3v) is 15.8. The van der Waals surface area contributed by atoms with Crippen molar-refractivity contribution in [3.63, 3.8) is 0 Å². The minimum Gasteiger partial charge on any atom is -0.456 e. The van der Waals surface area contributed by atoms with Crippen LogP contribution in [0.25, 0.3) is 77.6 Å². The number of rotatable bonds is 7. The normalized spacial score (nSPS) is 13.6. The molecule has 0 bridgehead atoms. The van der Waals surface area contributed by atoms with E-state index in [2.05, 4.69) is 274 Å². The van der Waals surface area contributed by atoms with Gasteiger partial charge in [-0.1, -0.05) is 238 Å². The minimum atomic E-state index is -0.542. The van der Waals surface area contributed by atoms with Gasteiger partial charge in [-0.2, -0.15) is 0 Å².